The van der Waals surface area contributed by atoms with Crippen molar-refractivity contribution in [2.24, 2.45) is 5.92 Å². The molecule has 1 aliphatic rings. The van der Waals surface area contributed by atoms with Gasteiger partial charge in [-0.2, -0.15) is 0 Å². The van der Waals surface area contributed by atoms with E-state index in [1.54, 1.807) is 6.20 Å². The van der Waals surface area contributed by atoms with Crippen LogP contribution in [-0.4, -0.2) is 39.3 Å². The molecule has 1 aromatic heterocycles. The molecule has 2 heterocycles. The van der Waals surface area contributed by atoms with Gasteiger partial charge >= 0.3 is 6.09 Å². The summed E-state index contributed by atoms with van der Waals surface area (Å²) in [5, 5.41) is 9.86. The number of ether oxygens (including phenoxy) is 2. The van der Waals surface area contributed by atoms with Crippen LogP contribution in [0.4, 0.5) is 4.79 Å². The number of benzene rings is 1. The minimum atomic E-state index is -0.936. The van der Waals surface area contributed by atoms with Gasteiger partial charge in [0.05, 0.1) is 10.5 Å². The van der Waals surface area contributed by atoms with E-state index < -0.39 is 11.6 Å². The third-order valence-electron chi connectivity index (χ3n) is 5.39. The number of hydrogen-bond donors (Lipinski definition) is 1. The van der Waals surface area contributed by atoms with Crippen molar-refractivity contribution >= 4 is 22.0 Å². The van der Waals surface area contributed by atoms with E-state index in [0.717, 1.165) is 26.9 Å². The summed E-state index contributed by atoms with van der Waals surface area (Å²) in [4.78, 5) is 17.7. The van der Waals surface area contributed by atoms with Gasteiger partial charge < -0.3 is 14.6 Å². The smallest absolute Gasteiger partial charge is 0.408 e. The van der Waals surface area contributed by atoms with E-state index in [0.29, 0.717) is 18.1 Å². The Labute approximate surface area is 192 Å². The van der Waals surface area contributed by atoms with Crippen molar-refractivity contribution in [3.05, 3.63) is 40.6 Å². The SMILES string of the molecule is CC(C)C[C@@H](COc1cc2c(cc1Br)-c1ccncc1C(C)O2)N(C(=O)O)C(C)(C)C. The summed E-state index contributed by atoms with van der Waals surface area (Å²) in [6, 6.07) is 5.60. The number of carbonyl (C=O) groups is 1. The van der Waals surface area contributed by atoms with Crippen LogP contribution >= 0.6 is 15.9 Å². The first-order valence-electron chi connectivity index (χ1n) is 10.6. The van der Waals surface area contributed by atoms with E-state index in [4.69, 9.17) is 9.47 Å². The first-order chi connectivity index (χ1) is 14.5. The van der Waals surface area contributed by atoms with Crippen molar-refractivity contribution in [3.63, 3.8) is 0 Å². The number of pyridine rings is 1. The Morgan fingerprint density at radius 1 is 1.32 bits per heavy atom. The largest absolute Gasteiger partial charge is 0.490 e. The molecule has 1 aromatic carbocycles. The molecule has 2 aromatic rings. The number of nitrogens with zero attached hydrogens (tertiary/aromatic N) is 2. The van der Waals surface area contributed by atoms with Crippen LogP contribution in [0.1, 0.15) is 59.6 Å². The topological polar surface area (TPSA) is 71.9 Å². The Morgan fingerprint density at radius 2 is 2.03 bits per heavy atom. The van der Waals surface area contributed by atoms with E-state index in [-0.39, 0.29) is 18.8 Å². The van der Waals surface area contributed by atoms with E-state index in [2.05, 4.69) is 34.8 Å². The first-order valence-corrected chi connectivity index (χ1v) is 11.4. The van der Waals surface area contributed by atoms with Crippen molar-refractivity contribution in [2.75, 3.05) is 6.61 Å². The first kappa shape index (κ1) is 23.4. The quantitative estimate of drug-likeness (QED) is 0.497. The molecular weight excluding hydrogens is 460 g/mol. The van der Waals surface area contributed by atoms with Crippen LogP contribution in [0.3, 0.4) is 0 Å². The van der Waals surface area contributed by atoms with E-state index in [9.17, 15) is 9.90 Å². The highest BCUT2D eigenvalue weighted by atomic mass is 79.9. The van der Waals surface area contributed by atoms with Crippen LogP contribution < -0.4 is 9.47 Å². The summed E-state index contributed by atoms with van der Waals surface area (Å²) in [5.41, 5.74) is 2.60. The summed E-state index contributed by atoms with van der Waals surface area (Å²) < 4.78 is 13.1. The number of fused-ring (bicyclic) bond motifs is 3. The van der Waals surface area contributed by atoms with E-state index >= 15 is 0 Å². The molecule has 1 amide bonds. The fourth-order valence-corrected chi connectivity index (χ4v) is 4.61. The van der Waals surface area contributed by atoms with E-state index in [1.807, 2.05) is 52.1 Å². The van der Waals surface area contributed by atoms with Crippen molar-refractivity contribution < 1.29 is 19.4 Å². The Hall–Kier alpha value is -2.28. The highest BCUT2D eigenvalue weighted by Crippen LogP contribution is 2.46. The predicted octanol–water partition coefficient (Wildman–Crippen LogP) is 6.54. The molecule has 0 saturated heterocycles. The van der Waals surface area contributed by atoms with Crippen molar-refractivity contribution in [1.29, 1.82) is 0 Å². The Balaban J connectivity index is 1.89. The highest BCUT2D eigenvalue weighted by Gasteiger charge is 2.34. The van der Waals surface area contributed by atoms with Gasteiger partial charge in [0.1, 0.15) is 24.2 Å². The molecule has 0 aliphatic carbocycles. The van der Waals surface area contributed by atoms with Crippen molar-refractivity contribution in [2.45, 2.75) is 65.6 Å². The molecule has 1 unspecified atom stereocenters. The van der Waals surface area contributed by atoms with Gasteiger partial charge in [0.2, 0.25) is 0 Å². The van der Waals surface area contributed by atoms with Gasteiger partial charge in [0, 0.05) is 35.1 Å². The number of amides is 1. The molecule has 168 valence electrons. The van der Waals surface area contributed by atoms with E-state index in [1.165, 1.54) is 4.90 Å². The van der Waals surface area contributed by atoms with Crippen LogP contribution in [0.5, 0.6) is 11.5 Å². The summed E-state index contributed by atoms with van der Waals surface area (Å²) in [7, 11) is 0. The van der Waals surface area contributed by atoms with Crippen LogP contribution in [0.2, 0.25) is 0 Å². The molecule has 2 atom stereocenters. The molecule has 31 heavy (non-hydrogen) atoms. The summed E-state index contributed by atoms with van der Waals surface area (Å²) in [5.74, 6) is 1.71. The lowest BCUT2D eigenvalue weighted by Gasteiger charge is -2.40. The Bertz CT molecular complexity index is 955. The van der Waals surface area contributed by atoms with Crippen LogP contribution in [0.25, 0.3) is 11.1 Å². The fourth-order valence-electron chi connectivity index (χ4n) is 4.15. The molecule has 0 bridgehead atoms. The summed E-state index contributed by atoms with van der Waals surface area (Å²) in [6.45, 7) is 12.2. The molecule has 1 N–H and O–H groups in total. The number of rotatable bonds is 6. The maximum absolute atomic E-state index is 12.0. The van der Waals surface area contributed by atoms with Crippen molar-refractivity contribution in [1.82, 2.24) is 9.88 Å². The normalized spacial score (nSPS) is 16.2. The Kier molecular flexibility index (Phi) is 6.84. The lowest BCUT2D eigenvalue weighted by atomic mass is 9.95. The molecule has 3 rings (SSSR count). The number of carboxylic acid groups (broad SMARTS) is 1. The second-order valence-electron chi connectivity index (χ2n) is 9.42. The van der Waals surface area contributed by atoms with Gasteiger partial charge in [-0.05, 0) is 73.7 Å². The van der Waals surface area contributed by atoms with Gasteiger partial charge in [0.25, 0.3) is 0 Å². The predicted molar refractivity (Wildman–Crippen MR) is 125 cm³/mol. The Morgan fingerprint density at radius 3 is 2.65 bits per heavy atom. The zero-order valence-electron chi connectivity index (χ0n) is 19.0. The maximum atomic E-state index is 12.0. The van der Waals surface area contributed by atoms with Crippen molar-refractivity contribution in [3.8, 4) is 22.6 Å². The summed E-state index contributed by atoms with van der Waals surface area (Å²) in [6.07, 6.45) is 3.28. The average molecular weight is 491 g/mol. The second-order valence-corrected chi connectivity index (χ2v) is 10.3. The zero-order chi connectivity index (χ0) is 22.9. The molecule has 1 aliphatic heterocycles. The number of hydrogen-bond acceptors (Lipinski definition) is 4. The maximum Gasteiger partial charge on any atom is 0.408 e. The van der Waals surface area contributed by atoms with Crippen LogP contribution in [0.15, 0.2) is 35.1 Å². The van der Waals surface area contributed by atoms with Gasteiger partial charge in [0.15, 0.2) is 0 Å². The fraction of sp³-hybridized carbons (Fsp3) is 0.500. The average Bonchev–Trinajstić information content (AvgIpc) is 2.65. The lowest BCUT2D eigenvalue weighted by Crippen LogP contribution is -2.53. The minimum Gasteiger partial charge on any atom is -0.490 e. The minimum absolute atomic E-state index is 0.109. The number of halogens is 1. The van der Waals surface area contributed by atoms with Gasteiger partial charge in [-0.25, -0.2) is 4.79 Å². The second kappa shape index (κ2) is 9.07. The molecule has 0 fully saturated rings. The molecule has 0 saturated carbocycles. The van der Waals surface area contributed by atoms with Crippen LogP contribution in [-0.2, 0) is 0 Å². The van der Waals surface area contributed by atoms with Gasteiger partial charge in [-0.15, -0.1) is 0 Å². The molecule has 0 radical (unpaired) electrons. The molecule has 7 heteroatoms. The van der Waals surface area contributed by atoms with Gasteiger partial charge in [-0.3, -0.25) is 9.88 Å². The summed E-state index contributed by atoms with van der Waals surface area (Å²) >= 11 is 3.62. The molecule has 6 nitrogen and oxygen atoms in total. The number of aromatic nitrogens is 1. The molecular formula is C24H31BrN2O4. The highest BCUT2D eigenvalue weighted by molar-refractivity contribution is 9.10. The standard InChI is InChI=1S/C24H31BrN2O4/c1-14(2)9-16(27(23(28)29)24(4,5)6)13-30-22-11-21-18(10-20(22)25)17-7-8-26-12-19(17)15(3)31-21/h7-8,10-12,14-16H,9,13H2,1-6H3,(H,28,29)/t15?,16-/m0/s1. The molecule has 0 spiro atoms. The lowest BCUT2D eigenvalue weighted by molar-refractivity contribution is 0.0432. The monoisotopic (exact) mass is 490 g/mol. The third-order valence-corrected chi connectivity index (χ3v) is 6.01. The zero-order valence-corrected chi connectivity index (χ0v) is 20.6. The van der Waals surface area contributed by atoms with Gasteiger partial charge in [-0.1, -0.05) is 13.8 Å². The third kappa shape index (κ3) is 5.14. The van der Waals surface area contributed by atoms with Crippen LogP contribution in [0, 0.1) is 5.92 Å².